The van der Waals surface area contributed by atoms with Crippen LogP contribution in [-0.4, -0.2) is 8.42 Å². The summed E-state index contributed by atoms with van der Waals surface area (Å²) in [5, 5.41) is -0.562. The molecule has 0 saturated heterocycles. The molecule has 0 aliphatic rings. The van der Waals surface area contributed by atoms with E-state index in [1.165, 1.54) is 0 Å². The molecule has 1 unspecified atom stereocenters. The molecule has 0 bridgehead atoms. The highest BCUT2D eigenvalue weighted by molar-refractivity contribution is 7.89. The van der Waals surface area contributed by atoms with Gasteiger partial charge in [0.05, 0.1) is 0 Å². The average Bonchev–Trinajstić information content (AvgIpc) is 2.47. The van der Waals surface area contributed by atoms with Crippen LogP contribution in [0.3, 0.4) is 0 Å². The zero-order valence-corrected chi connectivity index (χ0v) is 13.6. The van der Waals surface area contributed by atoms with Crippen molar-refractivity contribution in [2.45, 2.75) is 30.0 Å². The Morgan fingerprint density at radius 2 is 1.81 bits per heavy atom. The zero-order chi connectivity index (χ0) is 15.3. The number of benzene rings is 2. The minimum atomic E-state index is -3.42. The van der Waals surface area contributed by atoms with Crippen LogP contribution in [0.4, 0.5) is 0 Å². The third kappa shape index (κ3) is 4.33. The maximum atomic E-state index is 12.5. The van der Waals surface area contributed by atoms with Crippen molar-refractivity contribution in [2.24, 2.45) is 0 Å². The van der Waals surface area contributed by atoms with E-state index in [1.807, 2.05) is 55.5 Å². The number of nitrogens with one attached hydrogen (secondary N) is 1. The van der Waals surface area contributed by atoms with Gasteiger partial charge >= 0.3 is 0 Å². The highest BCUT2D eigenvalue weighted by atomic mass is 32.2. The van der Waals surface area contributed by atoms with E-state index in [9.17, 15) is 8.42 Å². The van der Waals surface area contributed by atoms with Crippen molar-refractivity contribution in [3.63, 3.8) is 0 Å². The Bertz CT molecular complexity index is 684. The van der Waals surface area contributed by atoms with E-state index in [4.69, 9.17) is 0 Å². The summed E-state index contributed by atoms with van der Waals surface area (Å²) in [6, 6.07) is 16.8. The molecule has 0 saturated carbocycles. The lowest BCUT2D eigenvalue weighted by molar-refractivity contribution is 0.563. The highest BCUT2D eigenvalue weighted by Gasteiger charge is 2.25. The molecule has 0 aromatic heterocycles. The van der Waals surface area contributed by atoms with Crippen molar-refractivity contribution in [3.05, 3.63) is 65.7 Å². The lowest BCUT2D eigenvalue weighted by Crippen LogP contribution is -2.28. The van der Waals surface area contributed by atoms with Crippen molar-refractivity contribution in [1.82, 2.24) is 4.72 Å². The van der Waals surface area contributed by atoms with Gasteiger partial charge in [0.1, 0.15) is 5.25 Å². The summed E-state index contributed by atoms with van der Waals surface area (Å²) in [7, 11) is -3.42. The smallest absolute Gasteiger partial charge is 0.212 e. The van der Waals surface area contributed by atoms with Crippen LogP contribution in [0.25, 0.3) is 0 Å². The van der Waals surface area contributed by atoms with Crippen LogP contribution in [0, 0.1) is 0 Å². The molecule has 5 heteroatoms. The molecule has 0 radical (unpaired) electrons. The molecule has 3 nitrogen and oxygen atoms in total. The molecule has 2 aromatic carbocycles. The summed E-state index contributed by atoms with van der Waals surface area (Å²) in [5.74, 6) is 0. The molecule has 0 fully saturated rings. The first-order chi connectivity index (χ1) is 10.0. The van der Waals surface area contributed by atoms with Gasteiger partial charge in [0.25, 0.3) is 0 Å². The minimum Gasteiger partial charge on any atom is -0.212 e. The highest BCUT2D eigenvalue weighted by Crippen LogP contribution is 2.26. The zero-order valence-electron chi connectivity index (χ0n) is 11.9. The van der Waals surface area contributed by atoms with Gasteiger partial charge in [-0.3, -0.25) is 0 Å². The average molecular weight is 321 g/mol. The third-order valence-corrected chi connectivity index (χ3v) is 5.49. The predicted molar refractivity (Wildman–Crippen MR) is 88.9 cm³/mol. The van der Waals surface area contributed by atoms with Gasteiger partial charge in [-0.05, 0) is 29.7 Å². The molecular weight excluding hydrogens is 302 g/mol. The van der Waals surface area contributed by atoms with E-state index >= 15 is 0 Å². The lowest BCUT2D eigenvalue weighted by Gasteiger charge is -2.17. The van der Waals surface area contributed by atoms with Gasteiger partial charge in [0, 0.05) is 11.4 Å². The van der Waals surface area contributed by atoms with E-state index in [-0.39, 0.29) is 0 Å². The number of thiol groups is 1. The Kier molecular flexibility index (Phi) is 5.45. The predicted octanol–water partition coefficient (Wildman–Crippen LogP) is 3.55. The first-order valence-electron chi connectivity index (χ1n) is 6.84. The second-order valence-electron chi connectivity index (χ2n) is 4.84. The van der Waals surface area contributed by atoms with Crippen LogP contribution in [0.5, 0.6) is 0 Å². The standard InChI is InChI=1S/C16H19NO2S2/c1-2-16(14-9-6-10-15(20)11-14)21(18,19)17-12-13-7-4-3-5-8-13/h3-11,16-17,20H,2,12H2,1H3. The fourth-order valence-corrected chi connectivity index (χ4v) is 3.99. The van der Waals surface area contributed by atoms with Crippen LogP contribution in [0.2, 0.25) is 0 Å². The van der Waals surface area contributed by atoms with Crippen molar-refractivity contribution in [1.29, 1.82) is 0 Å². The number of hydrogen-bond acceptors (Lipinski definition) is 3. The molecule has 2 aromatic rings. The van der Waals surface area contributed by atoms with Gasteiger partial charge in [-0.15, -0.1) is 12.6 Å². The normalized spacial score (nSPS) is 13.0. The van der Waals surface area contributed by atoms with Crippen LogP contribution >= 0.6 is 12.6 Å². The van der Waals surface area contributed by atoms with Gasteiger partial charge in [0.15, 0.2) is 0 Å². The molecule has 0 amide bonds. The fraction of sp³-hybridized carbons (Fsp3) is 0.250. The summed E-state index contributed by atoms with van der Waals surface area (Å²) < 4.78 is 27.7. The monoisotopic (exact) mass is 321 g/mol. The second kappa shape index (κ2) is 7.11. The Balaban J connectivity index is 2.16. The molecular formula is C16H19NO2S2. The number of sulfonamides is 1. The first kappa shape index (κ1) is 16.1. The van der Waals surface area contributed by atoms with Gasteiger partial charge in [-0.1, -0.05) is 49.4 Å². The van der Waals surface area contributed by atoms with E-state index in [2.05, 4.69) is 17.4 Å². The molecule has 0 aliphatic carbocycles. The molecule has 1 atom stereocenters. The molecule has 1 N–H and O–H groups in total. The summed E-state index contributed by atoms with van der Waals surface area (Å²) in [5.41, 5.74) is 1.71. The quantitative estimate of drug-likeness (QED) is 0.799. The van der Waals surface area contributed by atoms with Crippen LogP contribution in [0.1, 0.15) is 29.7 Å². The van der Waals surface area contributed by atoms with Crippen LogP contribution in [-0.2, 0) is 16.6 Å². The minimum absolute atomic E-state index is 0.306. The van der Waals surface area contributed by atoms with Gasteiger partial charge in [0.2, 0.25) is 10.0 Å². The third-order valence-electron chi connectivity index (χ3n) is 3.31. The van der Waals surface area contributed by atoms with Crippen LogP contribution < -0.4 is 4.72 Å². The van der Waals surface area contributed by atoms with Crippen molar-refractivity contribution < 1.29 is 8.42 Å². The molecule has 112 valence electrons. The summed E-state index contributed by atoms with van der Waals surface area (Å²) in [6.07, 6.45) is 0.515. The van der Waals surface area contributed by atoms with E-state index in [1.54, 1.807) is 6.07 Å². The Labute approximate surface area is 131 Å². The Hall–Kier alpha value is -1.30. The van der Waals surface area contributed by atoms with Crippen molar-refractivity contribution in [2.75, 3.05) is 0 Å². The molecule has 2 rings (SSSR count). The van der Waals surface area contributed by atoms with E-state index in [0.717, 1.165) is 16.0 Å². The maximum Gasteiger partial charge on any atom is 0.218 e. The molecule has 0 aliphatic heterocycles. The Morgan fingerprint density at radius 1 is 1.10 bits per heavy atom. The van der Waals surface area contributed by atoms with E-state index in [0.29, 0.717) is 13.0 Å². The van der Waals surface area contributed by atoms with E-state index < -0.39 is 15.3 Å². The molecule has 0 heterocycles. The maximum absolute atomic E-state index is 12.5. The second-order valence-corrected chi connectivity index (χ2v) is 7.31. The summed E-state index contributed by atoms with van der Waals surface area (Å²) >= 11 is 4.28. The van der Waals surface area contributed by atoms with Gasteiger partial charge < -0.3 is 0 Å². The molecule has 0 spiro atoms. The number of rotatable bonds is 6. The Morgan fingerprint density at radius 3 is 2.43 bits per heavy atom. The first-order valence-corrected chi connectivity index (χ1v) is 8.83. The summed E-state index contributed by atoms with van der Waals surface area (Å²) in [6.45, 7) is 2.18. The lowest BCUT2D eigenvalue weighted by atomic mass is 10.1. The van der Waals surface area contributed by atoms with Crippen LogP contribution in [0.15, 0.2) is 59.5 Å². The number of hydrogen-bond donors (Lipinski definition) is 2. The summed E-state index contributed by atoms with van der Waals surface area (Å²) in [4.78, 5) is 0.768. The van der Waals surface area contributed by atoms with Gasteiger partial charge in [-0.25, -0.2) is 13.1 Å². The topological polar surface area (TPSA) is 46.2 Å². The fourth-order valence-electron chi connectivity index (χ4n) is 2.24. The van der Waals surface area contributed by atoms with Crippen molar-refractivity contribution in [3.8, 4) is 0 Å². The molecule has 21 heavy (non-hydrogen) atoms. The van der Waals surface area contributed by atoms with Crippen molar-refractivity contribution >= 4 is 22.7 Å². The largest absolute Gasteiger partial charge is 0.218 e. The van der Waals surface area contributed by atoms with Gasteiger partial charge in [-0.2, -0.15) is 0 Å². The SMILES string of the molecule is CCC(c1cccc(S)c1)S(=O)(=O)NCc1ccccc1.